The van der Waals surface area contributed by atoms with Crippen molar-refractivity contribution in [3.05, 3.63) is 88.9 Å². The molecule has 34 heavy (non-hydrogen) atoms. The van der Waals surface area contributed by atoms with Crippen LogP contribution in [-0.4, -0.2) is 37.0 Å². The molecule has 1 fully saturated rings. The Morgan fingerprint density at radius 2 is 1.91 bits per heavy atom. The zero-order valence-corrected chi connectivity index (χ0v) is 20.5. The van der Waals surface area contributed by atoms with E-state index < -0.39 is 0 Å². The highest BCUT2D eigenvalue weighted by Gasteiger charge is 2.18. The van der Waals surface area contributed by atoms with Crippen LogP contribution in [0.25, 0.3) is 10.2 Å². The van der Waals surface area contributed by atoms with Crippen LogP contribution in [0.15, 0.2) is 77.7 Å². The summed E-state index contributed by atoms with van der Waals surface area (Å²) >= 11 is 3.38. The number of thiazole rings is 1. The van der Waals surface area contributed by atoms with Gasteiger partial charge in [0.2, 0.25) is 0 Å². The summed E-state index contributed by atoms with van der Waals surface area (Å²) in [6, 6.07) is 24.9. The second-order valence-electron chi connectivity index (χ2n) is 8.34. The molecule has 1 aromatic heterocycles. The van der Waals surface area contributed by atoms with Crippen molar-refractivity contribution in [3.8, 4) is 0 Å². The number of hydrogen-bond acceptors (Lipinski definition) is 7. The highest BCUT2D eigenvalue weighted by atomic mass is 32.2. The van der Waals surface area contributed by atoms with Crippen molar-refractivity contribution in [2.24, 2.45) is 5.73 Å². The van der Waals surface area contributed by atoms with Gasteiger partial charge in [-0.25, -0.2) is 9.71 Å². The molecule has 0 bridgehead atoms. The van der Waals surface area contributed by atoms with E-state index in [9.17, 15) is 0 Å². The second kappa shape index (κ2) is 10.6. The number of hydrogen-bond donors (Lipinski definition) is 4. The summed E-state index contributed by atoms with van der Waals surface area (Å²) in [6.45, 7) is 4.11. The average molecular weight is 489 g/mol. The molecule has 4 aromatic rings. The van der Waals surface area contributed by atoms with Crippen LogP contribution in [-0.2, 0) is 6.42 Å². The number of nitrogens with one attached hydrogen (secondary N) is 3. The normalized spacial score (nSPS) is 14.9. The van der Waals surface area contributed by atoms with Gasteiger partial charge in [-0.15, -0.1) is 11.3 Å². The van der Waals surface area contributed by atoms with Crippen molar-refractivity contribution < 1.29 is 0 Å². The minimum Gasteiger partial charge on any atom is -0.384 e. The summed E-state index contributed by atoms with van der Waals surface area (Å²) in [5, 5.41) is 12.3. The predicted molar refractivity (Wildman–Crippen MR) is 144 cm³/mol. The molecule has 5 N–H and O–H groups in total. The molecule has 0 saturated carbocycles. The maximum absolute atomic E-state index is 7.79. The standard InChI is InChI=1S/C26H28N6S2/c27-25(28)19-6-3-5-18(15-19)16-23(26-30-22-9-1-2-10-24(22)33-26)31-34-21-8-4-7-20(17-21)32-13-11-29-12-14-32/h1-10,15,17,23,29,31H,11-14,16H2,(H3,27,28). The molecule has 0 aliphatic carbocycles. The van der Waals surface area contributed by atoms with Gasteiger partial charge in [-0.2, -0.15) is 0 Å². The van der Waals surface area contributed by atoms with E-state index in [-0.39, 0.29) is 11.9 Å². The predicted octanol–water partition coefficient (Wildman–Crippen LogP) is 4.57. The van der Waals surface area contributed by atoms with E-state index in [1.54, 1.807) is 23.3 Å². The molecule has 8 heteroatoms. The molecule has 1 atom stereocenters. The number of benzene rings is 3. The van der Waals surface area contributed by atoms with Crippen molar-refractivity contribution in [2.75, 3.05) is 31.1 Å². The molecule has 174 valence electrons. The Labute approximate surface area is 208 Å². The van der Waals surface area contributed by atoms with E-state index in [4.69, 9.17) is 16.1 Å². The van der Waals surface area contributed by atoms with E-state index >= 15 is 0 Å². The van der Waals surface area contributed by atoms with Crippen LogP contribution in [0.5, 0.6) is 0 Å². The summed E-state index contributed by atoms with van der Waals surface area (Å²) in [5.74, 6) is 0.0884. The number of fused-ring (bicyclic) bond motifs is 1. The Hall–Kier alpha value is -2.91. The van der Waals surface area contributed by atoms with Crippen molar-refractivity contribution >= 4 is 45.0 Å². The fourth-order valence-electron chi connectivity index (χ4n) is 4.13. The van der Waals surface area contributed by atoms with Crippen LogP contribution in [0.2, 0.25) is 0 Å². The maximum atomic E-state index is 7.79. The summed E-state index contributed by atoms with van der Waals surface area (Å²) < 4.78 is 4.88. The molecule has 0 spiro atoms. The second-order valence-corrected chi connectivity index (χ2v) is 10.3. The SMILES string of the molecule is N=C(N)c1cccc(CC(NSc2cccc(N3CCNCC3)c2)c2nc3ccccc3s2)c1. The van der Waals surface area contributed by atoms with Gasteiger partial charge in [0, 0.05) is 42.3 Å². The summed E-state index contributed by atoms with van der Waals surface area (Å²) in [5.41, 5.74) is 9.89. The first kappa shape index (κ1) is 22.9. The van der Waals surface area contributed by atoms with E-state index in [1.807, 2.05) is 24.3 Å². The summed E-state index contributed by atoms with van der Waals surface area (Å²) in [6.07, 6.45) is 0.755. The average Bonchev–Trinajstić information content (AvgIpc) is 3.32. The van der Waals surface area contributed by atoms with Crippen molar-refractivity contribution in [2.45, 2.75) is 17.4 Å². The molecule has 3 aromatic carbocycles. The number of piperazine rings is 1. The lowest BCUT2D eigenvalue weighted by Gasteiger charge is -2.29. The number of anilines is 1. The molecule has 0 radical (unpaired) electrons. The van der Waals surface area contributed by atoms with E-state index in [1.165, 1.54) is 15.3 Å². The van der Waals surface area contributed by atoms with Crippen LogP contribution < -0.4 is 20.7 Å². The van der Waals surface area contributed by atoms with Crippen LogP contribution >= 0.6 is 23.3 Å². The molecule has 1 aliphatic rings. The van der Waals surface area contributed by atoms with Crippen LogP contribution in [0.4, 0.5) is 5.69 Å². The maximum Gasteiger partial charge on any atom is 0.122 e. The topological polar surface area (TPSA) is 90.1 Å². The van der Waals surface area contributed by atoms with Gasteiger partial charge in [-0.3, -0.25) is 5.41 Å². The third-order valence-corrected chi connectivity index (χ3v) is 7.95. The van der Waals surface area contributed by atoms with Crippen molar-refractivity contribution in [1.29, 1.82) is 5.41 Å². The van der Waals surface area contributed by atoms with E-state index in [0.29, 0.717) is 0 Å². The Bertz CT molecular complexity index is 1250. The largest absolute Gasteiger partial charge is 0.384 e. The molecule has 1 saturated heterocycles. The first-order valence-corrected chi connectivity index (χ1v) is 13.1. The highest BCUT2D eigenvalue weighted by Crippen LogP contribution is 2.32. The molecule has 5 rings (SSSR count). The lowest BCUT2D eigenvalue weighted by atomic mass is 10.0. The van der Waals surface area contributed by atoms with Gasteiger partial charge in [-0.1, -0.05) is 36.4 Å². The molecular weight excluding hydrogens is 460 g/mol. The first-order valence-electron chi connectivity index (χ1n) is 11.4. The van der Waals surface area contributed by atoms with Gasteiger partial charge in [0.1, 0.15) is 10.8 Å². The molecule has 6 nitrogen and oxygen atoms in total. The lowest BCUT2D eigenvalue weighted by molar-refractivity contribution is 0.589. The quantitative estimate of drug-likeness (QED) is 0.165. The van der Waals surface area contributed by atoms with E-state index in [0.717, 1.165) is 54.3 Å². The third-order valence-electron chi connectivity index (χ3n) is 5.91. The number of nitrogens with two attached hydrogens (primary N) is 1. The van der Waals surface area contributed by atoms with Crippen LogP contribution in [0.1, 0.15) is 22.2 Å². The number of nitrogen functional groups attached to an aromatic ring is 1. The lowest BCUT2D eigenvalue weighted by Crippen LogP contribution is -2.43. The van der Waals surface area contributed by atoms with Crippen molar-refractivity contribution in [1.82, 2.24) is 15.0 Å². The Morgan fingerprint density at radius 3 is 2.74 bits per heavy atom. The molecule has 2 heterocycles. The molecular formula is C26H28N6S2. The molecule has 1 unspecified atom stereocenters. The number of rotatable bonds is 8. The minimum absolute atomic E-state index is 0.0208. The number of para-hydroxylation sites is 1. The molecule has 1 aliphatic heterocycles. The Balaban J connectivity index is 1.38. The van der Waals surface area contributed by atoms with Gasteiger partial charge < -0.3 is 16.0 Å². The summed E-state index contributed by atoms with van der Waals surface area (Å²) in [7, 11) is 0. The number of amidine groups is 1. The Morgan fingerprint density at radius 1 is 1.09 bits per heavy atom. The van der Waals surface area contributed by atoms with Gasteiger partial charge in [0.05, 0.1) is 16.3 Å². The fraction of sp³-hybridized carbons (Fsp3) is 0.231. The number of aromatic nitrogens is 1. The van der Waals surface area contributed by atoms with Crippen molar-refractivity contribution in [3.63, 3.8) is 0 Å². The summed E-state index contributed by atoms with van der Waals surface area (Å²) in [4.78, 5) is 8.54. The first-order chi connectivity index (χ1) is 16.7. The van der Waals surface area contributed by atoms with Gasteiger partial charge >= 0.3 is 0 Å². The zero-order chi connectivity index (χ0) is 23.3. The monoisotopic (exact) mass is 488 g/mol. The third kappa shape index (κ3) is 5.42. The van der Waals surface area contributed by atoms with Gasteiger partial charge in [-0.05, 0) is 60.3 Å². The highest BCUT2D eigenvalue weighted by molar-refractivity contribution is 7.97. The van der Waals surface area contributed by atoms with E-state index in [2.05, 4.69) is 63.5 Å². The smallest absolute Gasteiger partial charge is 0.122 e. The van der Waals surface area contributed by atoms with Crippen LogP contribution in [0, 0.1) is 5.41 Å². The minimum atomic E-state index is 0.0208. The number of nitrogens with zero attached hydrogens (tertiary/aromatic N) is 2. The molecule has 0 amide bonds. The zero-order valence-electron chi connectivity index (χ0n) is 18.8. The fourth-order valence-corrected chi connectivity index (χ4v) is 6.02. The van der Waals surface area contributed by atoms with Crippen LogP contribution in [0.3, 0.4) is 0 Å². The van der Waals surface area contributed by atoms with Gasteiger partial charge in [0.15, 0.2) is 0 Å². The Kier molecular flexibility index (Phi) is 7.10. The van der Waals surface area contributed by atoms with Gasteiger partial charge in [0.25, 0.3) is 0 Å².